The van der Waals surface area contributed by atoms with Gasteiger partial charge in [-0.2, -0.15) is 0 Å². The maximum Gasteiger partial charge on any atom is 0.123 e. The number of carbonyl (C=O) groups is 1. The number of hydrogen-bond acceptors (Lipinski definition) is 1. The van der Waals surface area contributed by atoms with Crippen LogP contribution in [0, 0.1) is 29.6 Å². The minimum atomic E-state index is 0.395. The second kappa shape index (κ2) is 6.41. The van der Waals surface area contributed by atoms with Crippen LogP contribution in [0.15, 0.2) is 0 Å². The molecule has 3 aliphatic rings. The molecule has 108 valence electrons. The van der Waals surface area contributed by atoms with E-state index >= 15 is 0 Å². The van der Waals surface area contributed by atoms with Gasteiger partial charge in [0.1, 0.15) is 6.29 Å². The minimum Gasteiger partial charge on any atom is -0.303 e. The third-order valence-corrected chi connectivity index (χ3v) is 6.25. The molecular weight excluding hydrogens is 232 g/mol. The summed E-state index contributed by atoms with van der Waals surface area (Å²) in [6.45, 7) is 0. The Hall–Kier alpha value is -0.330. The summed E-state index contributed by atoms with van der Waals surface area (Å²) >= 11 is 0. The fourth-order valence-electron chi connectivity index (χ4n) is 4.58. The van der Waals surface area contributed by atoms with E-state index in [1.807, 2.05) is 0 Å². The molecule has 0 atom stereocenters. The molecule has 0 saturated heterocycles. The first-order valence-electron chi connectivity index (χ1n) is 8.80. The molecule has 1 heteroatoms. The van der Waals surface area contributed by atoms with Crippen molar-refractivity contribution >= 4 is 6.29 Å². The number of rotatable bonds is 5. The summed E-state index contributed by atoms with van der Waals surface area (Å²) in [6, 6.07) is 0. The van der Waals surface area contributed by atoms with Gasteiger partial charge in [0.2, 0.25) is 0 Å². The molecule has 0 aromatic carbocycles. The molecular formula is C18H30O. The summed E-state index contributed by atoms with van der Waals surface area (Å²) in [5, 5.41) is 0. The fraction of sp³-hybridized carbons (Fsp3) is 0.944. The van der Waals surface area contributed by atoms with Crippen molar-refractivity contribution in [3.8, 4) is 0 Å². The molecule has 0 N–H and O–H groups in total. The maximum absolute atomic E-state index is 10.8. The Balaban J connectivity index is 1.36. The van der Waals surface area contributed by atoms with Crippen LogP contribution in [0.3, 0.4) is 0 Å². The van der Waals surface area contributed by atoms with E-state index in [1.165, 1.54) is 83.3 Å². The largest absolute Gasteiger partial charge is 0.303 e. The van der Waals surface area contributed by atoms with Crippen LogP contribution in [-0.2, 0) is 4.79 Å². The number of hydrogen-bond donors (Lipinski definition) is 0. The lowest BCUT2D eigenvalue weighted by Crippen LogP contribution is -2.26. The first kappa shape index (κ1) is 13.6. The summed E-state index contributed by atoms with van der Waals surface area (Å²) in [5.74, 6) is 4.54. The molecule has 19 heavy (non-hydrogen) atoms. The molecule has 3 aliphatic carbocycles. The Labute approximate surface area is 118 Å². The molecule has 0 amide bonds. The van der Waals surface area contributed by atoms with Gasteiger partial charge in [0.05, 0.1) is 0 Å². The molecule has 0 spiro atoms. The molecule has 0 heterocycles. The average molecular weight is 262 g/mol. The minimum absolute atomic E-state index is 0.395. The zero-order valence-electron chi connectivity index (χ0n) is 12.4. The van der Waals surface area contributed by atoms with Crippen molar-refractivity contribution in [2.75, 3.05) is 0 Å². The smallest absolute Gasteiger partial charge is 0.123 e. The predicted molar refractivity (Wildman–Crippen MR) is 78.9 cm³/mol. The van der Waals surface area contributed by atoms with Crippen LogP contribution < -0.4 is 0 Å². The van der Waals surface area contributed by atoms with Crippen LogP contribution in [0.4, 0.5) is 0 Å². The fourth-order valence-corrected chi connectivity index (χ4v) is 4.58. The number of carbonyl (C=O) groups excluding carboxylic acids is 1. The second-order valence-corrected chi connectivity index (χ2v) is 7.61. The molecule has 0 radical (unpaired) electrons. The van der Waals surface area contributed by atoms with Crippen molar-refractivity contribution in [3.05, 3.63) is 0 Å². The molecule has 0 aromatic heterocycles. The van der Waals surface area contributed by atoms with Crippen LogP contribution >= 0.6 is 0 Å². The molecule has 3 rings (SSSR count). The lowest BCUT2D eigenvalue weighted by Gasteiger charge is -2.37. The van der Waals surface area contributed by atoms with E-state index in [0.717, 1.165) is 23.7 Å². The molecule has 0 bridgehead atoms. The summed E-state index contributed by atoms with van der Waals surface area (Å²) in [5.41, 5.74) is 0. The topological polar surface area (TPSA) is 17.1 Å². The Morgan fingerprint density at radius 1 is 0.632 bits per heavy atom. The van der Waals surface area contributed by atoms with Gasteiger partial charge in [0, 0.05) is 5.92 Å². The van der Waals surface area contributed by atoms with Crippen molar-refractivity contribution in [1.29, 1.82) is 0 Å². The van der Waals surface area contributed by atoms with Gasteiger partial charge in [0.15, 0.2) is 0 Å². The van der Waals surface area contributed by atoms with Crippen LogP contribution in [0.25, 0.3) is 0 Å². The van der Waals surface area contributed by atoms with Gasteiger partial charge < -0.3 is 4.79 Å². The lowest BCUT2D eigenvalue weighted by molar-refractivity contribution is -0.112. The Kier molecular flexibility index (Phi) is 4.61. The number of aldehydes is 1. The first-order chi connectivity index (χ1) is 9.35. The van der Waals surface area contributed by atoms with Crippen molar-refractivity contribution < 1.29 is 4.79 Å². The monoisotopic (exact) mass is 262 g/mol. The Bertz CT molecular complexity index is 278. The van der Waals surface area contributed by atoms with Crippen LogP contribution in [0.1, 0.15) is 77.0 Å². The molecule has 3 saturated carbocycles. The van der Waals surface area contributed by atoms with E-state index in [1.54, 1.807) is 0 Å². The van der Waals surface area contributed by atoms with E-state index in [4.69, 9.17) is 0 Å². The highest BCUT2D eigenvalue weighted by molar-refractivity contribution is 5.53. The molecule has 3 fully saturated rings. The molecule has 0 unspecified atom stereocenters. The van der Waals surface area contributed by atoms with Crippen LogP contribution in [0.2, 0.25) is 0 Å². The highest BCUT2D eigenvalue weighted by Gasteiger charge is 2.31. The summed E-state index contributed by atoms with van der Waals surface area (Å²) in [7, 11) is 0. The highest BCUT2D eigenvalue weighted by Crippen LogP contribution is 2.43. The van der Waals surface area contributed by atoms with Crippen LogP contribution in [-0.4, -0.2) is 6.29 Å². The molecule has 0 aromatic rings. The third-order valence-electron chi connectivity index (χ3n) is 6.25. The van der Waals surface area contributed by atoms with E-state index in [-0.39, 0.29) is 0 Å². The zero-order chi connectivity index (χ0) is 13.1. The SMILES string of the molecule is O=CC1CCC(C2CCC(CCC3CC3)CC2)CC1. The highest BCUT2D eigenvalue weighted by atomic mass is 16.1. The first-order valence-corrected chi connectivity index (χ1v) is 8.80. The normalized spacial score (nSPS) is 40.0. The molecule has 1 nitrogen and oxygen atoms in total. The van der Waals surface area contributed by atoms with Gasteiger partial charge in [-0.05, 0) is 62.2 Å². The standard InChI is InChI=1S/C18H30O/c19-13-16-7-11-18(12-8-16)17-9-5-15(6-10-17)4-3-14-1-2-14/h13-18H,1-12H2. The van der Waals surface area contributed by atoms with Gasteiger partial charge in [0.25, 0.3) is 0 Å². The van der Waals surface area contributed by atoms with E-state index in [9.17, 15) is 4.79 Å². The van der Waals surface area contributed by atoms with E-state index in [2.05, 4.69) is 0 Å². The van der Waals surface area contributed by atoms with Crippen molar-refractivity contribution in [3.63, 3.8) is 0 Å². The predicted octanol–water partition coefficient (Wildman–Crippen LogP) is 4.99. The van der Waals surface area contributed by atoms with Crippen LogP contribution in [0.5, 0.6) is 0 Å². The van der Waals surface area contributed by atoms with E-state index in [0.29, 0.717) is 5.92 Å². The summed E-state index contributed by atoms with van der Waals surface area (Å²) in [6.07, 6.45) is 18.3. The van der Waals surface area contributed by atoms with Gasteiger partial charge in [-0.25, -0.2) is 0 Å². The molecule has 0 aliphatic heterocycles. The second-order valence-electron chi connectivity index (χ2n) is 7.61. The van der Waals surface area contributed by atoms with Gasteiger partial charge in [-0.3, -0.25) is 0 Å². The third kappa shape index (κ3) is 3.83. The average Bonchev–Trinajstić information content (AvgIpc) is 3.30. The van der Waals surface area contributed by atoms with Gasteiger partial charge >= 0.3 is 0 Å². The summed E-state index contributed by atoms with van der Waals surface area (Å²) in [4.78, 5) is 10.8. The lowest BCUT2D eigenvalue weighted by atomic mass is 9.69. The van der Waals surface area contributed by atoms with Crippen molar-refractivity contribution in [1.82, 2.24) is 0 Å². The van der Waals surface area contributed by atoms with Gasteiger partial charge in [-0.15, -0.1) is 0 Å². The maximum atomic E-state index is 10.8. The van der Waals surface area contributed by atoms with Crippen molar-refractivity contribution in [2.45, 2.75) is 77.0 Å². The summed E-state index contributed by atoms with van der Waals surface area (Å²) < 4.78 is 0. The quantitative estimate of drug-likeness (QED) is 0.638. The van der Waals surface area contributed by atoms with Gasteiger partial charge in [-0.1, -0.05) is 38.5 Å². The Morgan fingerprint density at radius 3 is 1.47 bits per heavy atom. The van der Waals surface area contributed by atoms with E-state index < -0.39 is 0 Å². The zero-order valence-corrected chi connectivity index (χ0v) is 12.4. The Morgan fingerprint density at radius 2 is 1.05 bits per heavy atom. The van der Waals surface area contributed by atoms with Crippen molar-refractivity contribution in [2.24, 2.45) is 29.6 Å².